The number of rotatable bonds is 46. The Kier molecular flexibility index (Phi) is 36.5. The maximum Gasteiger partial charge on any atom is 0.330 e. The van der Waals surface area contributed by atoms with Gasteiger partial charge in [0.2, 0.25) is 0 Å². The van der Waals surface area contributed by atoms with Crippen LogP contribution in [0.3, 0.4) is 0 Å². The molecule has 6 atom stereocenters. The minimum Gasteiger partial charge on any atom is -0.457 e. The van der Waals surface area contributed by atoms with E-state index in [1.54, 1.807) is 0 Å². The first-order chi connectivity index (χ1) is 33.8. The van der Waals surface area contributed by atoms with E-state index in [4.69, 9.17) is 91.8 Å². The van der Waals surface area contributed by atoms with Crippen molar-refractivity contribution >= 4 is 35.8 Å². The van der Waals surface area contributed by atoms with Gasteiger partial charge in [0.05, 0.1) is 63.7 Å². The third-order valence-electron chi connectivity index (χ3n) is 8.23. The number of esters is 6. The van der Waals surface area contributed by atoms with E-state index in [1.807, 2.05) is 0 Å². The van der Waals surface area contributed by atoms with Gasteiger partial charge in [0, 0.05) is 36.5 Å². The van der Waals surface area contributed by atoms with E-state index < -0.39 is 123 Å². The predicted octanol–water partition coefficient (Wildman–Crippen LogP) is 3.37. The van der Waals surface area contributed by atoms with Crippen LogP contribution in [0.15, 0.2) is 75.9 Å². The van der Waals surface area contributed by atoms with Gasteiger partial charge < -0.3 is 33.2 Å². The largest absolute Gasteiger partial charge is 0.457 e. The number of hydrogen-bond donors (Lipinski definition) is 0. The van der Waals surface area contributed by atoms with Gasteiger partial charge in [0.15, 0.2) is 0 Å². The van der Waals surface area contributed by atoms with Crippen molar-refractivity contribution in [2.45, 2.75) is 78.2 Å². The molecule has 0 fully saturated rings. The highest BCUT2D eigenvalue weighted by atomic mass is 17.2. The Balaban J connectivity index is 6.95. The Labute approximate surface area is 413 Å². The molecule has 25 nitrogen and oxygen atoms in total. The fraction of sp³-hybridized carbons (Fsp3) is 0.609. The van der Waals surface area contributed by atoms with Gasteiger partial charge >= 0.3 is 35.8 Å². The van der Waals surface area contributed by atoms with Gasteiger partial charge in [-0.2, -0.15) is 0 Å². The topological polar surface area (TPSA) is 278 Å². The first kappa shape index (κ1) is 65.7. The van der Waals surface area contributed by atoms with Crippen molar-refractivity contribution in [1.29, 1.82) is 0 Å². The Morgan fingerprint density at radius 1 is 0.296 bits per heavy atom. The van der Waals surface area contributed by atoms with Gasteiger partial charge in [-0.15, -0.1) is 0 Å². The number of carbonyl (C=O) groups is 6. The maximum absolute atomic E-state index is 11.8. The number of hydrogen-bond acceptors (Lipinski definition) is 25. The lowest BCUT2D eigenvalue weighted by Gasteiger charge is -2.35. The minimum absolute atomic E-state index is 0.249. The first-order valence-corrected chi connectivity index (χ1v) is 21.8. The Morgan fingerprint density at radius 3 is 0.592 bits per heavy atom. The summed E-state index contributed by atoms with van der Waals surface area (Å²) in [5, 5.41) is 0. The van der Waals surface area contributed by atoms with Crippen LogP contribution in [0.5, 0.6) is 0 Å². The van der Waals surface area contributed by atoms with Crippen LogP contribution in [0.2, 0.25) is 0 Å². The molecule has 6 unspecified atom stereocenters. The Bertz CT molecular complexity index is 1340. The quantitative estimate of drug-likeness (QED) is 0.0211. The third kappa shape index (κ3) is 33.9. The SMILES string of the molecule is C=CC(=O)OC(C)COOCC(COCC(COOCC(C)OC(=O)C=C)(COOCC(C)OC(=O)C=C)COOCC(C)OC(=O)C=C)(COOCC(C)OC(=O)C=C)COOCC(C)OC(=O)C=C. The van der Waals surface area contributed by atoms with Crippen LogP contribution in [-0.4, -0.2) is 165 Å². The van der Waals surface area contributed by atoms with Crippen LogP contribution in [0.1, 0.15) is 41.5 Å². The average molecular weight is 1020 g/mol. The van der Waals surface area contributed by atoms with Crippen molar-refractivity contribution in [3.8, 4) is 0 Å². The first-order valence-electron chi connectivity index (χ1n) is 21.8. The molecule has 25 heteroatoms. The molecule has 0 radical (unpaired) electrons. The third-order valence-corrected chi connectivity index (χ3v) is 8.23. The number of carbonyl (C=O) groups excluding carboxylic acids is 6. The highest BCUT2D eigenvalue weighted by molar-refractivity contribution is 5.83. The summed E-state index contributed by atoms with van der Waals surface area (Å²) in [5.41, 5.74) is -2.94. The summed E-state index contributed by atoms with van der Waals surface area (Å²) < 4.78 is 37.1. The van der Waals surface area contributed by atoms with Crippen LogP contribution >= 0.6 is 0 Å². The second kappa shape index (κ2) is 39.4. The Hall–Kier alpha value is -5.26. The summed E-state index contributed by atoms with van der Waals surface area (Å²) in [5.74, 6) is -4.23. The summed E-state index contributed by atoms with van der Waals surface area (Å²) in [6.07, 6.45) is 1.12. The Morgan fingerprint density at radius 2 is 0.451 bits per heavy atom. The predicted molar refractivity (Wildman–Crippen MR) is 242 cm³/mol. The second-order valence-corrected chi connectivity index (χ2v) is 15.5. The van der Waals surface area contributed by atoms with E-state index in [2.05, 4.69) is 39.5 Å². The van der Waals surface area contributed by atoms with Gasteiger partial charge in [0.1, 0.15) is 76.3 Å². The molecule has 0 aromatic carbocycles. The molecule has 0 aromatic rings. The van der Waals surface area contributed by atoms with Crippen LogP contribution < -0.4 is 0 Å². The molecule has 0 aliphatic carbocycles. The number of ether oxygens (including phenoxy) is 7. The fourth-order valence-corrected chi connectivity index (χ4v) is 4.53. The average Bonchev–Trinajstić information content (AvgIpc) is 3.34. The maximum atomic E-state index is 11.8. The van der Waals surface area contributed by atoms with Crippen LogP contribution in [0, 0.1) is 10.8 Å². The van der Waals surface area contributed by atoms with E-state index in [0.717, 1.165) is 36.5 Å². The molecule has 0 amide bonds. The van der Waals surface area contributed by atoms with Crippen molar-refractivity contribution in [3.05, 3.63) is 75.9 Å². The highest BCUT2D eigenvalue weighted by Gasteiger charge is 2.39. The molecule has 0 aromatic heterocycles. The second-order valence-electron chi connectivity index (χ2n) is 15.5. The summed E-state index contributed by atoms with van der Waals surface area (Å²) >= 11 is 0. The molecule has 0 heterocycles. The molecule has 0 spiro atoms. The molecule has 0 rings (SSSR count). The molecular weight excluding hydrogens is 952 g/mol. The normalized spacial score (nSPS) is 15.3. The zero-order valence-corrected chi connectivity index (χ0v) is 41.3. The molecule has 0 N–H and O–H groups in total. The van der Waals surface area contributed by atoms with Crippen LogP contribution in [0.4, 0.5) is 0 Å². The van der Waals surface area contributed by atoms with E-state index in [0.29, 0.717) is 0 Å². The van der Waals surface area contributed by atoms with E-state index >= 15 is 0 Å². The van der Waals surface area contributed by atoms with Gasteiger partial charge in [-0.1, -0.05) is 39.5 Å². The molecule has 71 heavy (non-hydrogen) atoms. The standard InChI is InChI=1S/C46H70O25/c1-13-39(47)66-33(7)19-54-60-27-45(28-61-55-20-34(8)67-40(48)14-2,29-62-56-21-35(9)68-41(49)15-3)25-53-26-46(30-63-57-22-36(10)69-42(50)16-4,31-64-58-23-37(11)70-43(51)17-5)32-65-59-24-38(12)71-44(52)18-6/h13-18,33-38H,1-6,19-32H2,7-12H3. The van der Waals surface area contributed by atoms with Crippen molar-refractivity contribution in [1.82, 2.24) is 0 Å². The van der Waals surface area contributed by atoms with Gasteiger partial charge in [-0.3, -0.25) is 0 Å². The summed E-state index contributed by atoms with van der Waals surface area (Å²) in [4.78, 5) is 136. The lowest BCUT2D eigenvalue weighted by molar-refractivity contribution is -0.385. The molecule has 0 saturated heterocycles. The van der Waals surface area contributed by atoms with E-state index in [-0.39, 0.29) is 52.9 Å². The van der Waals surface area contributed by atoms with Gasteiger partial charge in [0.25, 0.3) is 0 Å². The smallest absolute Gasteiger partial charge is 0.330 e. The molecule has 0 aliphatic heterocycles. The summed E-state index contributed by atoms with van der Waals surface area (Å²) in [6, 6.07) is 0. The van der Waals surface area contributed by atoms with Crippen molar-refractivity contribution < 1.29 is 121 Å². The van der Waals surface area contributed by atoms with Crippen LogP contribution in [-0.2, 0) is 121 Å². The van der Waals surface area contributed by atoms with E-state index in [1.165, 1.54) is 41.5 Å². The summed E-state index contributed by atoms with van der Waals surface area (Å²) in [6.45, 7) is 24.7. The van der Waals surface area contributed by atoms with E-state index in [9.17, 15) is 28.8 Å². The van der Waals surface area contributed by atoms with Crippen molar-refractivity contribution in [2.24, 2.45) is 10.8 Å². The minimum atomic E-state index is -1.47. The van der Waals surface area contributed by atoms with Crippen molar-refractivity contribution in [2.75, 3.05) is 92.5 Å². The lowest BCUT2D eigenvalue weighted by atomic mass is 9.90. The zero-order valence-electron chi connectivity index (χ0n) is 41.3. The van der Waals surface area contributed by atoms with Gasteiger partial charge in [-0.25, -0.2) is 87.4 Å². The molecule has 0 saturated carbocycles. The molecule has 0 aliphatic rings. The fourth-order valence-electron chi connectivity index (χ4n) is 4.53. The monoisotopic (exact) mass is 1020 g/mol. The molecular formula is C46H70O25. The molecule has 404 valence electrons. The zero-order chi connectivity index (χ0) is 53.5. The lowest BCUT2D eigenvalue weighted by Crippen LogP contribution is -2.46. The van der Waals surface area contributed by atoms with Crippen molar-refractivity contribution in [3.63, 3.8) is 0 Å². The van der Waals surface area contributed by atoms with Gasteiger partial charge in [-0.05, 0) is 41.5 Å². The van der Waals surface area contributed by atoms with Crippen LogP contribution in [0.25, 0.3) is 0 Å². The highest BCUT2D eigenvalue weighted by Crippen LogP contribution is 2.26. The summed E-state index contributed by atoms with van der Waals surface area (Å²) in [7, 11) is 0. The molecule has 0 bridgehead atoms.